The first-order valence-electron chi connectivity index (χ1n) is 10.2. The Balaban J connectivity index is 2.62. The number of aliphatic hydroxyl groups excluding tert-OH is 2. The summed E-state index contributed by atoms with van der Waals surface area (Å²) in [4.78, 5) is 22.9. The molecule has 0 unspecified atom stereocenters. The molecule has 0 aliphatic heterocycles. The number of carboxylic acids is 1. The minimum Gasteiger partial charge on any atom is -0.481 e. The topological polar surface area (TPSA) is 94.8 Å². The molecule has 6 atom stereocenters. The van der Waals surface area contributed by atoms with Crippen molar-refractivity contribution >= 4 is 11.8 Å². The minimum atomic E-state index is -0.804. The third-order valence-electron chi connectivity index (χ3n) is 5.53. The fourth-order valence-electron chi connectivity index (χ4n) is 3.56. The molecule has 0 bridgehead atoms. The van der Waals surface area contributed by atoms with Crippen molar-refractivity contribution in [1.29, 1.82) is 0 Å². The Bertz CT molecular complexity index is 525. The van der Waals surface area contributed by atoms with E-state index in [1.807, 2.05) is 32.1 Å². The molecule has 5 nitrogen and oxygen atoms in total. The molecule has 154 valence electrons. The van der Waals surface area contributed by atoms with Crippen LogP contribution in [0.5, 0.6) is 0 Å². The van der Waals surface area contributed by atoms with Gasteiger partial charge in [0, 0.05) is 24.7 Å². The van der Waals surface area contributed by atoms with Crippen molar-refractivity contribution < 1.29 is 24.9 Å². The van der Waals surface area contributed by atoms with E-state index in [-0.39, 0.29) is 42.3 Å². The maximum atomic E-state index is 12.2. The smallest absolute Gasteiger partial charge is 0.303 e. The van der Waals surface area contributed by atoms with E-state index in [9.17, 15) is 19.8 Å². The Labute approximate surface area is 163 Å². The molecule has 0 saturated heterocycles. The van der Waals surface area contributed by atoms with Crippen molar-refractivity contribution in [3.63, 3.8) is 0 Å². The lowest BCUT2D eigenvalue weighted by molar-refractivity contribution is -0.137. The molecule has 1 aliphatic carbocycles. The van der Waals surface area contributed by atoms with Crippen LogP contribution in [0.1, 0.15) is 65.7 Å². The number of allylic oxidation sites excluding steroid dienone is 2. The van der Waals surface area contributed by atoms with Crippen LogP contribution >= 0.6 is 0 Å². The van der Waals surface area contributed by atoms with Gasteiger partial charge in [0.05, 0.1) is 12.2 Å². The summed E-state index contributed by atoms with van der Waals surface area (Å²) in [6.07, 6.45) is 10.7. The van der Waals surface area contributed by atoms with Gasteiger partial charge in [-0.05, 0) is 31.1 Å². The molecular weight excluding hydrogens is 344 g/mol. The van der Waals surface area contributed by atoms with Gasteiger partial charge in [0.15, 0.2) is 0 Å². The van der Waals surface area contributed by atoms with Crippen molar-refractivity contribution in [1.82, 2.24) is 0 Å². The molecule has 5 heteroatoms. The third kappa shape index (κ3) is 8.39. The highest BCUT2D eigenvalue weighted by Gasteiger charge is 2.39. The molecule has 0 aromatic heterocycles. The van der Waals surface area contributed by atoms with Gasteiger partial charge in [-0.2, -0.15) is 0 Å². The molecule has 1 aliphatic rings. The number of unbranched alkanes of at least 4 members (excludes halogenated alkanes) is 1. The lowest BCUT2D eigenvalue weighted by atomic mass is 9.88. The lowest BCUT2D eigenvalue weighted by Crippen LogP contribution is -2.20. The number of carbonyl (C=O) groups excluding carboxylic acids is 1. The molecule has 0 amide bonds. The Morgan fingerprint density at radius 3 is 2.59 bits per heavy atom. The Hall–Kier alpha value is -1.46. The van der Waals surface area contributed by atoms with E-state index in [1.54, 1.807) is 6.08 Å². The number of carbonyl (C=O) groups is 2. The highest BCUT2D eigenvalue weighted by atomic mass is 16.4. The van der Waals surface area contributed by atoms with Gasteiger partial charge in [-0.1, -0.05) is 57.9 Å². The second-order valence-electron chi connectivity index (χ2n) is 7.99. The molecule has 1 rings (SSSR count). The predicted molar refractivity (Wildman–Crippen MR) is 106 cm³/mol. The van der Waals surface area contributed by atoms with E-state index in [0.29, 0.717) is 12.8 Å². The minimum absolute atomic E-state index is 0.0495. The van der Waals surface area contributed by atoms with Gasteiger partial charge in [0.25, 0.3) is 0 Å². The molecule has 0 radical (unpaired) electrons. The van der Waals surface area contributed by atoms with Gasteiger partial charge in [0.1, 0.15) is 5.78 Å². The summed E-state index contributed by atoms with van der Waals surface area (Å²) in [5.41, 5.74) is 0. The van der Waals surface area contributed by atoms with Crippen LogP contribution in [0.25, 0.3) is 0 Å². The highest BCUT2D eigenvalue weighted by Crippen LogP contribution is 2.33. The van der Waals surface area contributed by atoms with E-state index in [2.05, 4.69) is 6.92 Å². The van der Waals surface area contributed by atoms with Gasteiger partial charge < -0.3 is 15.3 Å². The quantitative estimate of drug-likeness (QED) is 0.448. The van der Waals surface area contributed by atoms with Crippen molar-refractivity contribution in [2.45, 2.75) is 77.9 Å². The summed E-state index contributed by atoms with van der Waals surface area (Å²) in [5.74, 6) is -1.02. The number of hydrogen-bond donors (Lipinski definition) is 3. The predicted octanol–water partition coefficient (Wildman–Crippen LogP) is 3.74. The zero-order valence-corrected chi connectivity index (χ0v) is 16.9. The second-order valence-corrected chi connectivity index (χ2v) is 7.99. The Kier molecular flexibility index (Phi) is 10.6. The largest absolute Gasteiger partial charge is 0.481 e. The lowest BCUT2D eigenvalue weighted by Gasteiger charge is -2.19. The Morgan fingerprint density at radius 1 is 1.26 bits per heavy atom. The van der Waals surface area contributed by atoms with E-state index in [4.69, 9.17) is 5.11 Å². The van der Waals surface area contributed by atoms with Gasteiger partial charge in [-0.3, -0.25) is 9.59 Å². The van der Waals surface area contributed by atoms with Crippen molar-refractivity contribution in [3.05, 3.63) is 24.3 Å². The number of ketones is 1. The van der Waals surface area contributed by atoms with Crippen LogP contribution in [0.3, 0.4) is 0 Å². The van der Waals surface area contributed by atoms with E-state index in [0.717, 1.165) is 19.3 Å². The van der Waals surface area contributed by atoms with E-state index in [1.165, 1.54) is 0 Å². The number of aliphatic hydroxyl groups is 2. The maximum absolute atomic E-state index is 12.2. The van der Waals surface area contributed by atoms with Gasteiger partial charge >= 0.3 is 5.97 Å². The summed E-state index contributed by atoms with van der Waals surface area (Å²) >= 11 is 0. The summed E-state index contributed by atoms with van der Waals surface area (Å²) in [6, 6.07) is 0. The van der Waals surface area contributed by atoms with Crippen LogP contribution < -0.4 is 0 Å². The average molecular weight is 381 g/mol. The van der Waals surface area contributed by atoms with Crippen molar-refractivity contribution in [2.24, 2.45) is 23.7 Å². The van der Waals surface area contributed by atoms with Crippen molar-refractivity contribution in [2.75, 3.05) is 0 Å². The van der Waals surface area contributed by atoms with E-state index < -0.39 is 18.2 Å². The first kappa shape index (κ1) is 23.6. The first-order chi connectivity index (χ1) is 12.8. The zero-order chi connectivity index (χ0) is 20.4. The molecule has 0 spiro atoms. The Morgan fingerprint density at radius 2 is 1.96 bits per heavy atom. The molecule has 0 heterocycles. The molecule has 3 N–H and O–H groups in total. The molecule has 1 fully saturated rings. The summed E-state index contributed by atoms with van der Waals surface area (Å²) in [7, 11) is 0. The van der Waals surface area contributed by atoms with Gasteiger partial charge in [0.2, 0.25) is 0 Å². The van der Waals surface area contributed by atoms with Crippen LogP contribution in [0.4, 0.5) is 0 Å². The molecule has 27 heavy (non-hydrogen) atoms. The molecular formula is C22H36O5. The van der Waals surface area contributed by atoms with Crippen LogP contribution in [0, 0.1) is 23.7 Å². The summed E-state index contributed by atoms with van der Waals surface area (Å²) < 4.78 is 0. The normalized spacial score (nSPS) is 26.7. The summed E-state index contributed by atoms with van der Waals surface area (Å²) in [6.45, 7) is 6.09. The van der Waals surface area contributed by atoms with Crippen molar-refractivity contribution in [3.8, 4) is 0 Å². The third-order valence-corrected chi connectivity index (χ3v) is 5.53. The first-order valence-corrected chi connectivity index (χ1v) is 10.2. The monoisotopic (exact) mass is 380 g/mol. The van der Waals surface area contributed by atoms with Crippen LogP contribution in [-0.4, -0.2) is 39.3 Å². The zero-order valence-electron chi connectivity index (χ0n) is 16.9. The summed E-state index contributed by atoms with van der Waals surface area (Å²) in [5, 5.41) is 29.2. The molecule has 1 saturated carbocycles. The SMILES string of the molecule is CCCC[C@@H](C)[C@H](O)/C=C/[C@H]1[C@H](O)CC(=O)[C@@H]1C/C=C\[C@@H](C)CCC(=O)O. The number of hydrogen-bond acceptors (Lipinski definition) is 4. The molecule has 0 aromatic carbocycles. The van der Waals surface area contributed by atoms with Crippen LogP contribution in [0.15, 0.2) is 24.3 Å². The fourth-order valence-corrected chi connectivity index (χ4v) is 3.56. The number of aliphatic carboxylic acids is 1. The molecule has 0 aromatic rings. The second kappa shape index (κ2) is 12.1. The maximum Gasteiger partial charge on any atom is 0.303 e. The number of rotatable bonds is 12. The highest BCUT2D eigenvalue weighted by molar-refractivity contribution is 5.84. The number of carboxylic acid groups (broad SMARTS) is 1. The van der Waals surface area contributed by atoms with E-state index >= 15 is 0 Å². The van der Waals surface area contributed by atoms with Crippen LogP contribution in [0.2, 0.25) is 0 Å². The average Bonchev–Trinajstić information content (AvgIpc) is 2.88. The van der Waals surface area contributed by atoms with Gasteiger partial charge in [-0.25, -0.2) is 0 Å². The van der Waals surface area contributed by atoms with Gasteiger partial charge in [-0.15, -0.1) is 0 Å². The fraction of sp³-hybridized carbons (Fsp3) is 0.727. The standard InChI is InChI=1S/C22H36O5/c1-4-5-8-16(3)19(23)12-11-18-17(20(24)14-21(18)25)9-6-7-15(2)10-13-22(26)27/h6-7,11-12,15-19,21,23,25H,4-5,8-10,13-14H2,1-3H3,(H,26,27)/b7-6-,12-11+/t15-,16-,17-,18-,19-,21-/m1/s1. The number of Topliss-reactive ketones (excluding diaryl/α,β-unsaturated/α-hetero) is 1. The van der Waals surface area contributed by atoms with Crippen LogP contribution in [-0.2, 0) is 9.59 Å².